The van der Waals surface area contributed by atoms with E-state index < -0.39 is 0 Å². The summed E-state index contributed by atoms with van der Waals surface area (Å²) in [5, 5.41) is 2.78. The molecule has 1 amide bonds. The van der Waals surface area contributed by atoms with E-state index in [-0.39, 0.29) is 24.4 Å². The number of hydrogen-bond donors (Lipinski definition) is 2. The SMILES string of the molecule is Cc1ccccc1OC(C)CNC(=O)CCN.Cl. The van der Waals surface area contributed by atoms with Gasteiger partial charge in [0.1, 0.15) is 11.9 Å². The van der Waals surface area contributed by atoms with Crippen molar-refractivity contribution < 1.29 is 9.53 Å². The minimum Gasteiger partial charge on any atom is -0.489 e. The van der Waals surface area contributed by atoms with E-state index in [2.05, 4.69) is 5.32 Å². The number of nitrogens with two attached hydrogens (primary N) is 1. The van der Waals surface area contributed by atoms with Crippen LogP contribution in [0.15, 0.2) is 24.3 Å². The van der Waals surface area contributed by atoms with Crippen LogP contribution < -0.4 is 15.8 Å². The summed E-state index contributed by atoms with van der Waals surface area (Å²) in [6.45, 7) is 4.79. The number of nitrogens with one attached hydrogen (secondary N) is 1. The van der Waals surface area contributed by atoms with E-state index in [0.29, 0.717) is 19.5 Å². The van der Waals surface area contributed by atoms with Gasteiger partial charge in [-0.25, -0.2) is 0 Å². The quantitative estimate of drug-likeness (QED) is 0.828. The largest absolute Gasteiger partial charge is 0.489 e. The second-order valence-electron chi connectivity index (χ2n) is 4.04. The Hall–Kier alpha value is -1.26. The molecule has 0 aliphatic carbocycles. The third-order valence-corrected chi connectivity index (χ3v) is 2.38. The maximum absolute atomic E-state index is 11.2. The van der Waals surface area contributed by atoms with Gasteiger partial charge in [-0.1, -0.05) is 18.2 Å². The van der Waals surface area contributed by atoms with E-state index >= 15 is 0 Å². The van der Waals surface area contributed by atoms with E-state index in [1.165, 1.54) is 0 Å². The van der Waals surface area contributed by atoms with Gasteiger partial charge >= 0.3 is 0 Å². The molecule has 18 heavy (non-hydrogen) atoms. The smallest absolute Gasteiger partial charge is 0.221 e. The highest BCUT2D eigenvalue weighted by Gasteiger charge is 2.07. The van der Waals surface area contributed by atoms with Gasteiger partial charge in [0.2, 0.25) is 5.91 Å². The van der Waals surface area contributed by atoms with Crippen molar-refractivity contribution in [3.8, 4) is 5.75 Å². The number of ether oxygens (including phenoxy) is 1. The van der Waals surface area contributed by atoms with Crippen LogP contribution >= 0.6 is 12.4 Å². The molecule has 102 valence electrons. The van der Waals surface area contributed by atoms with Crippen LogP contribution in [0, 0.1) is 6.92 Å². The Morgan fingerprint density at radius 1 is 1.44 bits per heavy atom. The lowest BCUT2D eigenvalue weighted by molar-refractivity contribution is -0.121. The van der Waals surface area contributed by atoms with Crippen LogP contribution in [0.25, 0.3) is 0 Å². The molecular weight excluding hydrogens is 252 g/mol. The van der Waals surface area contributed by atoms with Gasteiger partial charge < -0.3 is 15.8 Å². The molecule has 0 aromatic heterocycles. The Balaban J connectivity index is 0.00000289. The van der Waals surface area contributed by atoms with E-state index in [4.69, 9.17) is 10.5 Å². The zero-order chi connectivity index (χ0) is 12.7. The molecule has 0 fully saturated rings. The molecule has 3 N–H and O–H groups in total. The minimum atomic E-state index is -0.0576. The van der Waals surface area contributed by atoms with Crippen LogP contribution in [-0.4, -0.2) is 25.1 Å². The lowest BCUT2D eigenvalue weighted by atomic mass is 10.2. The maximum Gasteiger partial charge on any atom is 0.221 e. The molecule has 1 unspecified atom stereocenters. The third kappa shape index (κ3) is 5.89. The molecule has 0 aliphatic rings. The molecule has 0 saturated carbocycles. The number of halogens is 1. The van der Waals surface area contributed by atoms with Crippen LogP contribution in [-0.2, 0) is 4.79 Å². The first-order valence-corrected chi connectivity index (χ1v) is 5.82. The summed E-state index contributed by atoms with van der Waals surface area (Å²) in [6.07, 6.45) is 0.301. The molecular formula is C13H21ClN2O2. The van der Waals surface area contributed by atoms with Gasteiger partial charge in [0.05, 0.1) is 6.54 Å². The average Bonchev–Trinajstić information content (AvgIpc) is 2.30. The van der Waals surface area contributed by atoms with Gasteiger partial charge in [0.15, 0.2) is 0 Å². The summed E-state index contributed by atoms with van der Waals surface area (Å²) in [5.41, 5.74) is 6.38. The Labute approximate surface area is 114 Å². The van der Waals surface area contributed by atoms with Crippen molar-refractivity contribution in [2.24, 2.45) is 5.73 Å². The van der Waals surface area contributed by atoms with Gasteiger partial charge in [-0.3, -0.25) is 4.79 Å². The number of benzene rings is 1. The fourth-order valence-electron chi connectivity index (χ4n) is 1.42. The Kier molecular flexibility index (Phi) is 8.16. The molecule has 0 radical (unpaired) electrons. The molecule has 1 aromatic carbocycles. The molecule has 1 rings (SSSR count). The number of carbonyl (C=O) groups is 1. The number of amides is 1. The summed E-state index contributed by atoms with van der Waals surface area (Å²) in [7, 11) is 0. The Bertz CT molecular complexity index is 372. The second kappa shape index (κ2) is 8.78. The normalized spacial score (nSPS) is 11.3. The van der Waals surface area contributed by atoms with Gasteiger partial charge in [-0.15, -0.1) is 12.4 Å². The molecule has 0 bridgehead atoms. The molecule has 4 nitrogen and oxygen atoms in total. The predicted octanol–water partition coefficient (Wildman–Crippen LogP) is 1.65. The lowest BCUT2D eigenvalue weighted by Crippen LogP contribution is -2.34. The number of para-hydroxylation sites is 1. The fourth-order valence-corrected chi connectivity index (χ4v) is 1.42. The fraction of sp³-hybridized carbons (Fsp3) is 0.462. The second-order valence-corrected chi connectivity index (χ2v) is 4.04. The molecule has 0 aliphatic heterocycles. The monoisotopic (exact) mass is 272 g/mol. The predicted molar refractivity (Wildman–Crippen MR) is 75.2 cm³/mol. The zero-order valence-corrected chi connectivity index (χ0v) is 11.6. The summed E-state index contributed by atoms with van der Waals surface area (Å²) in [4.78, 5) is 11.2. The van der Waals surface area contributed by atoms with Crippen molar-refractivity contribution in [2.45, 2.75) is 26.4 Å². The first-order valence-electron chi connectivity index (χ1n) is 5.82. The zero-order valence-electron chi connectivity index (χ0n) is 10.8. The standard InChI is InChI=1S/C13H20N2O2.ClH/c1-10-5-3-4-6-12(10)17-11(2)9-15-13(16)7-8-14;/h3-6,11H,7-9,14H2,1-2H3,(H,15,16);1H. The van der Waals surface area contributed by atoms with E-state index in [0.717, 1.165) is 11.3 Å². The molecule has 0 heterocycles. The topological polar surface area (TPSA) is 64.3 Å². The maximum atomic E-state index is 11.2. The van der Waals surface area contributed by atoms with Crippen LogP contribution in [0.2, 0.25) is 0 Å². The summed E-state index contributed by atoms with van der Waals surface area (Å²) >= 11 is 0. The van der Waals surface area contributed by atoms with E-state index in [1.807, 2.05) is 38.1 Å². The van der Waals surface area contributed by atoms with Gasteiger partial charge in [0, 0.05) is 13.0 Å². The molecule has 1 atom stereocenters. The molecule has 0 saturated heterocycles. The van der Waals surface area contributed by atoms with Crippen molar-refractivity contribution in [3.63, 3.8) is 0 Å². The lowest BCUT2D eigenvalue weighted by Gasteiger charge is -2.16. The summed E-state index contributed by atoms with van der Waals surface area (Å²) in [5.74, 6) is 0.820. The van der Waals surface area contributed by atoms with Crippen LogP contribution in [0.4, 0.5) is 0 Å². The number of rotatable bonds is 6. The number of aryl methyl sites for hydroxylation is 1. The number of hydrogen-bond acceptors (Lipinski definition) is 3. The molecule has 0 spiro atoms. The van der Waals surface area contributed by atoms with Crippen molar-refractivity contribution in [3.05, 3.63) is 29.8 Å². The average molecular weight is 273 g/mol. The van der Waals surface area contributed by atoms with Gasteiger partial charge in [-0.2, -0.15) is 0 Å². The summed E-state index contributed by atoms with van der Waals surface area (Å²) < 4.78 is 5.73. The van der Waals surface area contributed by atoms with Crippen LogP contribution in [0.1, 0.15) is 18.9 Å². The highest BCUT2D eigenvalue weighted by molar-refractivity contribution is 5.85. The van der Waals surface area contributed by atoms with E-state index in [9.17, 15) is 4.79 Å². The highest BCUT2D eigenvalue weighted by atomic mass is 35.5. The minimum absolute atomic E-state index is 0. The van der Waals surface area contributed by atoms with Gasteiger partial charge in [-0.05, 0) is 25.5 Å². The Morgan fingerprint density at radius 3 is 2.72 bits per heavy atom. The van der Waals surface area contributed by atoms with E-state index in [1.54, 1.807) is 0 Å². The highest BCUT2D eigenvalue weighted by Crippen LogP contribution is 2.17. The Morgan fingerprint density at radius 2 is 2.11 bits per heavy atom. The van der Waals surface area contributed by atoms with Gasteiger partial charge in [0.25, 0.3) is 0 Å². The first-order chi connectivity index (χ1) is 8.13. The molecule has 1 aromatic rings. The third-order valence-electron chi connectivity index (χ3n) is 2.38. The van der Waals surface area contributed by atoms with Crippen molar-refractivity contribution in [2.75, 3.05) is 13.1 Å². The molecule has 5 heteroatoms. The van der Waals surface area contributed by atoms with Crippen molar-refractivity contribution >= 4 is 18.3 Å². The van der Waals surface area contributed by atoms with Crippen molar-refractivity contribution in [1.82, 2.24) is 5.32 Å². The first kappa shape index (κ1) is 16.7. The number of carbonyl (C=O) groups excluding carboxylic acids is 1. The van der Waals surface area contributed by atoms with Crippen LogP contribution in [0.3, 0.4) is 0 Å². The van der Waals surface area contributed by atoms with Crippen molar-refractivity contribution in [1.29, 1.82) is 0 Å². The van der Waals surface area contributed by atoms with Crippen LogP contribution in [0.5, 0.6) is 5.75 Å². The summed E-state index contributed by atoms with van der Waals surface area (Å²) in [6, 6.07) is 7.82.